The molecule has 3 aromatic rings. The van der Waals surface area contributed by atoms with Gasteiger partial charge in [-0.05, 0) is 48.8 Å². The van der Waals surface area contributed by atoms with Crippen LogP contribution in [0, 0.1) is 11.7 Å². The van der Waals surface area contributed by atoms with Crippen molar-refractivity contribution in [2.45, 2.75) is 26.9 Å². The van der Waals surface area contributed by atoms with Crippen LogP contribution < -0.4 is 4.74 Å². The fourth-order valence-corrected chi connectivity index (χ4v) is 2.81. The van der Waals surface area contributed by atoms with Crippen molar-refractivity contribution in [3.8, 4) is 11.4 Å². The van der Waals surface area contributed by atoms with Crippen molar-refractivity contribution in [1.82, 2.24) is 14.8 Å². The molecule has 2 aromatic carbocycles. The van der Waals surface area contributed by atoms with Gasteiger partial charge in [-0.15, -0.1) is 0 Å². The molecule has 0 atom stereocenters. The van der Waals surface area contributed by atoms with Gasteiger partial charge in [0.15, 0.2) is 10.6 Å². The quantitative estimate of drug-likeness (QED) is 0.708. The molecule has 0 unspecified atom stereocenters. The molecular formula is C18H19N3OS. The van der Waals surface area contributed by atoms with Crippen molar-refractivity contribution in [2.24, 2.45) is 0 Å². The standard InChI is InChI=1S/C18H19N3OS/c1-3-14-9-5-6-10-15(14)21-17(19-20-18(21)23)12-22-16-11-7-4-8-13(16)2/h4-11H,3,12H2,1-2H3,(H,20,23). The van der Waals surface area contributed by atoms with Crippen LogP contribution in [-0.2, 0) is 13.0 Å². The Morgan fingerprint density at radius 1 is 1.13 bits per heavy atom. The lowest BCUT2D eigenvalue weighted by Gasteiger charge is -2.12. The van der Waals surface area contributed by atoms with Crippen LogP contribution >= 0.6 is 12.2 Å². The summed E-state index contributed by atoms with van der Waals surface area (Å²) in [7, 11) is 0. The van der Waals surface area contributed by atoms with Crippen LogP contribution in [0.1, 0.15) is 23.9 Å². The number of para-hydroxylation sites is 2. The minimum Gasteiger partial charge on any atom is -0.485 e. The second-order valence-corrected chi connectivity index (χ2v) is 5.70. The van der Waals surface area contributed by atoms with Gasteiger partial charge in [-0.3, -0.25) is 9.67 Å². The highest BCUT2D eigenvalue weighted by molar-refractivity contribution is 7.71. The molecule has 0 amide bonds. The second kappa shape index (κ2) is 6.79. The van der Waals surface area contributed by atoms with Crippen LogP contribution in [0.5, 0.6) is 5.75 Å². The fourth-order valence-electron chi connectivity index (χ4n) is 2.56. The van der Waals surface area contributed by atoms with Gasteiger partial charge in [0.05, 0.1) is 5.69 Å². The Balaban J connectivity index is 1.93. The Bertz CT molecular complexity index is 866. The van der Waals surface area contributed by atoms with Crippen LogP contribution in [0.2, 0.25) is 0 Å². The fraction of sp³-hybridized carbons (Fsp3) is 0.222. The van der Waals surface area contributed by atoms with Crippen LogP contribution in [-0.4, -0.2) is 14.8 Å². The van der Waals surface area contributed by atoms with E-state index < -0.39 is 0 Å². The van der Waals surface area contributed by atoms with E-state index in [0.29, 0.717) is 11.4 Å². The minimum atomic E-state index is 0.357. The maximum absolute atomic E-state index is 5.92. The van der Waals surface area contributed by atoms with Crippen molar-refractivity contribution >= 4 is 12.2 Å². The topological polar surface area (TPSA) is 42.8 Å². The molecule has 3 rings (SSSR count). The first-order valence-corrected chi connectivity index (χ1v) is 8.04. The van der Waals surface area contributed by atoms with Gasteiger partial charge in [0, 0.05) is 0 Å². The van der Waals surface area contributed by atoms with Crippen LogP contribution in [0.4, 0.5) is 0 Å². The van der Waals surface area contributed by atoms with Gasteiger partial charge in [-0.2, -0.15) is 5.10 Å². The number of hydrogen-bond acceptors (Lipinski definition) is 3. The van der Waals surface area contributed by atoms with Crippen LogP contribution in [0.25, 0.3) is 5.69 Å². The molecule has 1 N–H and O–H groups in total. The van der Waals surface area contributed by atoms with Gasteiger partial charge in [0.25, 0.3) is 0 Å². The number of rotatable bonds is 5. The molecule has 0 aliphatic rings. The summed E-state index contributed by atoms with van der Waals surface area (Å²) in [6.07, 6.45) is 0.932. The largest absolute Gasteiger partial charge is 0.485 e. The Kier molecular flexibility index (Phi) is 4.57. The van der Waals surface area contributed by atoms with Crippen molar-refractivity contribution in [3.05, 3.63) is 70.3 Å². The molecule has 118 valence electrons. The van der Waals surface area contributed by atoms with E-state index in [0.717, 1.165) is 29.2 Å². The highest BCUT2D eigenvalue weighted by Crippen LogP contribution is 2.20. The van der Waals surface area contributed by atoms with E-state index in [2.05, 4.69) is 29.3 Å². The van der Waals surface area contributed by atoms with Gasteiger partial charge >= 0.3 is 0 Å². The maximum Gasteiger partial charge on any atom is 0.199 e. The van der Waals surface area contributed by atoms with E-state index in [1.54, 1.807) is 0 Å². The Morgan fingerprint density at radius 2 is 1.87 bits per heavy atom. The van der Waals surface area contributed by atoms with Crippen molar-refractivity contribution in [2.75, 3.05) is 0 Å². The third kappa shape index (κ3) is 3.19. The number of nitrogens with zero attached hydrogens (tertiary/aromatic N) is 2. The van der Waals surface area contributed by atoms with E-state index in [1.165, 1.54) is 5.56 Å². The molecule has 0 radical (unpaired) electrons. The zero-order chi connectivity index (χ0) is 16.2. The number of aromatic amines is 1. The zero-order valence-corrected chi connectivity index (χ0v) is 14.1. The van der Waals surface area contributed by atoms with Crippen molar-refractivity contribution < 1.29 is 4.74 Å². The van der Waals surface area contributed by atoms with Gasteiger partial charge in [-0.25, -0.2) is 0 Å². The number of benzene rings is 2. The highest BCUT2D eigenvalue weighted by Gasteiger charge is 2.12. The second-order valence-electron chi connectivity index (χ2n) is 5.32. The van der Waals surface area contributed by atoms with Gasteiger partial charge in [-0.1, -0.05) is 43.3 Å². The number of H-pyrrole nitrogens is 1. The third-order valence-corrected chi connectivity index (χ3v) is 4.08. The van der Waals surface area contributed by atoms with Crippen LogP contribution in [0.3, 0.4) is 0 Å². The van der Waals surface area contributed by atoms with Gasteiger partial charge in [0.2, 0.25) is 0 Å². The number of ether oxygens (including phenoxy) is 1. The first kappa shape index (κ1) is 15.5. The predicted molar refractivity (Wildman–Crippen MR) is 93.6 cm³/mol. The number of hydrogen-bond donors (Lipinski definition) is 1. The number of aromatic nitrogens is 3. The first-order chi connectivity index (χ1) is 11.2. The summed E-state index contributed by atoms with van der Waals surface area (Å²) in [6.45, 7) is 4.51. The molecule has 0 bridgehead atoms. The first-order valence-electron chi connectivity index (χ1n) is 7.63. The summed E-state index contributed by atoms with van der Waals surface area (Å²) in [4.78, 5) is 0. The number of aryl methyl sites for hydroxylation is 2. The molecular weight excluding hydrogens is 306 g/mol. The molecule has 23 heavy (non-hydrogen) atoms. The molecule has 0 spiro atoms. The molecule has 0 aliphatic heterocycles. The lowest BCUT2D eigenvalue weighted by Crippen LogP contribution is -2.08. The Hall–Kier alpha value is -2.40. The molecule has 0 saturated heterocycles. The third-order valence-electron chi connectivity index (χ3n) is 3.81. The molecule has 1 aromatic heterocycles. The normalized spacial score (nSPS) is 10.7. The Morgan fingerprint density at radius 3 is 2.65 bits per heavy atom. The van der Waals surface area contributed by atoms with Crippen molar-refractivity contribution in [1.29, 1.82) is 0 Å². The molecule has 5 heteroatoms. The van der Waals surface area contributed by atoms with Gasteiger partial charge in [0.1, 0.15) is 12.4 Å². The summed E-state index contributed by atoms with van der Waals surface area (Å²) >= 11 is 5.41. The Labute approximate surface area is 140 Å². The van der Waals surface area contributed by atoms with E-state index in [9.17, 15) is 0 Å². The molecule has 0 aliphatic carbocycles. The molecule has 1 heterocycles. The molecule has 0 fully saturated rings. The van der Waals surface area contributed by atoms with E-state index in [-0.39, 0.29) is 0 Å². The summed E-state index contributed by atoms with van der Waals surface area (Å²) < 4.78 is 8.45. The van der Waals surface area contributed by atoms with E-state index >= 15 is 0 Å². The number of nitrogens with one attached hydrogen (secondary N) is 1. The summed E-state index contributed by atoms with van der Waals surface area (Å²) in [5.74, 6) is 1.62. The smallest absolute Gasteiger partial charge is 0.199 e. The summed E-state index contributed by atoms with van der Waals surface area (Å²) in [6, 6.07) is 16.2. The SMILES string of the molecule is CCc1ccccc1-n1c(COc2ccccc2C)n[nH]c1=S. The summed E-state index contributed by atoms with van der Waals surface area (Å²) in [5, 5.41) is 7.21. The van der Waals surface area contributed by atoms with Crippen molar-refractivity contribution in [3.63, 3.8) is 0 Å². The average molecular weight is 325 g/mol. The monoisotopic (exact) mass is 325 g/mol. The van der Waals surface area contributed by atoms with Crippen LogP contribution in [0.15, 0.2) is 48.5 Å². The zero-order valence-electron chi connectivity index (χ0n) is 13.2. The summed E-state index contributed by atoms with van der Waals surface area (Å²) in [5.41, 5.74) is 3.38. The lowest BCUT2D eigenvalue weighted by molar-refractivity contribution is 0.291. The van der Waals surface area contributed by atoms with Gasteiger partial charge < -0.3 is 4.74 Å². The lowest BCUT2D eigenvalue weighted by atomic mass is 10.1. The highest BCUT2D eigenvalue weighted by atomic mass is 32.1. The average Bonchev–Trinajstić information content (AvgIpc) is 2.94. The molecule has 0 saturated carbocycles. The van der Waals surface area contributed by atoms with E-state index in [4.69, 9.17) is 17.0 Å². The maximum atomic E-state index is 5.92. The minimum absolute atomic E-state index is 0.357. The predicted octanol–water partition coefficient (Wildman–Crippen LogP) is 4.38. The van der Waals surface area contributed by atoms with E-state index in [1.807, 2.05) is 47.9 Å². The molecule has 4 nitrogen and oxygen atoms in total.